The molecule has 0 bridgehead atoms. The Kier molecular flexibility index (Phi) is 11.1. The molecule has 3 aliphatic rings. The van der Waals surface area contributed by atoms with Crippen molar-refractivity contribution in [2.45, 2.75) is 55.6 Å². The molecule has 3 aromatic carbocycles. The molecule has 5 N–H and O–H groups in total. The Balaban J connectivity index is 1.22. The van der Waals surface area contributed by atoms with Crippen LogP contribution in [0.25, 0.3) is 0 Å². The Morgan fingerprint density at radius 3 is 2.08 bits per heavy atom. The minimum Gasteiger partial charge on any atom is -0.496 e. The third-order valence-electron chi connectivity index (χ3n) is 9.89. The molecule has 2 saturated heterocycles. The van der Waals surface area contributed by atoms with Crippen LogP contribution < -0.4 is 28.4 Å². The van der Waals surface area contributed by atoms with Gasteiger partial charge in [0.25, 0.3) is 0 Å². The Morgan fingerprint density at radius 2 is 1.39 bits per heavy atom. The molecule has 0 spiro atoms. The zero-order valence-corrected chi connectivity index (χ0v) is 28.8. The van der Waals surface area contributed by atoms with E-state index in [9.17, 15) is 30.3 Å². The Hall–Kier alpha value is -4.31. The monoisotopic (exact) mass is 712 g/mol. The van der Waals surface area contributed by atoms with Crippen LogP contribution in [0.2, 0.25) is 0 Å². The summed E-state index contributed by atoms with van der Waals surface area (Å²) in [6.45, 7) is -0.566. The topological polar surface area (TPSA) is 192 Å². The van der Waals surface area contributed by atoms with E-state index in [1.807, 2.05) is 30.3 Å². The molecule has 51 heavy (non-hydrogen) atoms. The van der Waals surface area contributed by atoms with Crippen LogP contribution in [0.5, 0.6) is 34.5 Å². The van der Waals surface area contributed by atoms with Gasteiger partial charge in [-0.2, -0.15) is 0 Å². The standard InChI is InChI=1S/C37H44O14/c1-44-24-7-5-18(11-26(24)45-2)9-21-17-48-36(43)22(21)10-19-12-28(47-4)31-23(15-38)35(49-29(31)13-19)20-6-8-25(27(14-20)46-3)50-37-34(42)33(41)32(40)30(16-39)51-37/h5-8,11-14,21-23,30,32-35,37-42H,9-10,15-17H2,1-4H3/t21?,22?,23?,30-,32-,33+,34-,35?,37-/m1/s1. The van der Waals surface area contributed by atoms with E-state index < -0.39 is 55.3 Å². The van der Waals surface area contributed by atoms with Crippen molar-refractivity contribution in [3.63, 3.8) is 0 Å². The van der Waals surface area contributed by atoms with Gasteiger partial charge in [0.15, 0.2) is 23.0 Å². The first-order valence-corrected chi connectivity index (χ1v) is 16.6. The Morgan fingerprint density at radius 1 is 0.706 bits per heavy atom. The number of hydrogen-bond donors (Lipinski definition) is 5. The van der Waals surface area contributed by atoms with Crippen LogP contribution in [0.3, 0.4) is 0 Å². The summed E-state index contributed by atoms with van der Waals surface area (Å²) in [5.41, 5.74) is 3.13. The number of fused-ring (bicyclic) bond motifs is 1. The highest BCUT2D eigenvalue weighted by Gasteiger charge is 2.45. The van der Waals surface area contributed by atoms with Crippen molar-refractivity contribution in [3.8, 4) is 34.5 Å². The number of esters is 1. The Labute approximate surface area is 295 Å². The lowest BCUT2D eigenvalue weighted by Gasteiger charge is -2.39. The molecule has 0 amide bonds. The van der Waals surface area contributed by atoms with Gasteiger partial charge in [-0.25, -0.2) is 0 Å². The molecule has 0 aliphatic carbocycles. The zero-order chi connectivity index (χ0) is 36.4. The van der Waals surface area contributed by atoms with Gasteiger partial charge in [0.2, 0.25) is 6.29 Å². The van der Waals surface area contributed by atoms with Crippen molar-refractivity contribution in [1.29, 1.82) is 0 Å². The van der Waals surface area contributed by atoms with Gasteiger partial charge in [0.1, 0.15) is 42.0 Å². The second-order valence-electron chi connectivity index (χ2n) is 12.9. The van der Waals surface area contributed by atoms with Gasteiger partial charge >= 0.3 is 5.97 Å². The molecule has 2 fully saturated rings. The average molecular weight is 713 g/mol. The maximum atomic E-state index is 13.0. The quantitative estimate of drug-likeness (QED) is 0.161. The third kappa shape index (κ3) is 7.12. The number of carbonyl (C=O) groups is 1. The van der Waals surface area contributed by atoms with E-state index in [0.717, 1.165) is 11.1 Å². The molecule has 3 heterocycles. The van der Waals surface area contributed by atoms with Crippen molar-refractivity contribution in [2.75, 3.05) is 48.3 Å². The number of rotatable bonds is 13. The lowest BCUT2D eigenvalue weighted by Crippen LogP contribution is -2.60. The van der Waals surface area contributed by atoms with Gasteiger partial charge in [0, 0.05) is 11.5 Å². The van der Waals surface area contributed by atoms with Crippen molar-refractivity contribution >= 4 is 5.97 Å². The fourth-order valence-corrected chi connectivity index (χ4v) is 7.13. The van der Waals surface area contributed by atoms with Crippen LogP contribution in [-0.2, 0) is 27.1 Å². The first-order valence-electron chi connectivity index (χ1n) is 16.6. The molecule has 14 heteroatoms. The summed E-state index contributed by atoms with van der Waals surface area (Å²) >= 11 is 0. The number of hydrogen-bond acceptors (Lipinski definition) is 14. The van der Waals surface area contributed by atoms with Crippen molar-refractivity contribution in [3.05, 3.63) is 70.8 Å². The van der Waals surface area contributed by atoms with Crippen LogP contribution >= 0.6 is 0 Å². The van der Waals surface area contributed by atoms with Crippen LogP contribution in [-0.4, -0.2) is 110 Å². The molecule has 4 unspecified atom stereocenters. The molecule has 0 saturated carbocycles. The predicted molar refractivity (Wildman–Crippen MR) is 178 cm³/mol. The summed E-state index contributed by atoms with van der Waals surface area (Å²) in [7, 11) is 6.12. The maximum Gasteiger partial charge on any atom is 0.309 e. The molecule has 3 aliphatic heterocycles. The molecule has 0 aromatic heterocycles. The highest BCUT2D eigenvalue weighted by molar-refractivity contribution is 5.75. The second kappa shape index (κ2) is 15.5. The van der Waals surface area contributed by atoms with E-state index in [1.54, 1.807) is 39.5 Å². The van der Waals surface area contributed by atoms with Gasteiger partial charge in [-0.15, -0.1) is 0 Å². The molecule has 0 radical (unpaired) electrons. The number of aliphatic hydroxyl groups is 5. The summed E-state index contributed by atoms with van der Waals surface area (Å²) in [5, 5.41) is 50.9. The summed E-state index contributed by atoms with van der Waals surface area (Å²) < 4.78 is 45.5. The molecule has 3 aromatic rings. The number of aliphatic hydroxyl groups excluding tert-OH is 5. The van der Waals surface area contributed by atoms with Crippen LogP contribution in [0.4, 0.5) is 0 Å². The number of methoxy groups -OCH3 is 4. The average Bonchev–Trinajstić information content (AvgIpc) is 3.70. The lowest BCUT2D eigenvalue weighted by atomic mass is 9.84. The van der Waals surface area contributed by atoms with Gasteiger partial charge in [-0.3, -0.25) is 4.79 Å². The smallest absolute Gasteiger partial charge is 0.309 e. The third-order valence-corrected chi connectivity index (χ3v) is 9.89. The van der Waals surface area contributed by atoms with E-state index in [2.05, 4.69) is 0 Å². The maximum absolute atomic E-state index is 13.0. The van der Waals surface area contributed by atoms with E-state index >= 15 is 0 Å². The molecular weight excluding hydrogens is 668 g/mol. The highest BCUT2D eigenvalue weighted by atomic mass is 16.7. The number of carbonyl (C=O) groups excluding carboxylic acids is 1. The van der Waals surface area contributed by atoms with E-state index in [0.29, 0.717) is 53.6 Å². The molecule has 14 nitrogen and oxygen atoms in total. The van der Waals surface area contributed by atoms with E-state index in [1.165, 1.54) is 7.11 Å². The minimum absolute atomic E-state index is 0.0788. The van der Waals surface area contributed by atoms with Gasteiger partial charge in [-0.05, 0) is 65.9 Å². The van der Waals surface area contributed by atoms with E-state index in [-0.39, 0.29) is 30.0 Å². The fourth-order valence-electron chi connectivity index (χ4n) is 7.13. The van der Waals surface area contributed by atoms with Crippen molar-refractivity contribution < 1.29 is 68.2 Å². The van der Waals surface area contributed by atoms with Gasteiger partial charge in [-0.1, -0.05) is 12.1 Å². The predicted octanol–water partition coefficient (Wildman–Crippen LogP) is 1.68. The molecular formula is C37H44O14. The first kappa shape index (κ1) is 36.5. The molecule has 6 rings (SSSR count). The lowest BCUT2D eigenvalue weighted by molar-refractivity contribution is -0.277. The normalized spacial score (nSPS) is 28.4. The SMILES string of the molecule is COc1ccc(CC2COC(=O)C2Cc2cc(OC)c3c(c2)OC(c2ccc(O[C@@H]4O[C@H](CO)[C@@H](O)[C@H](O)[C@H]4O)c(OC)c2)C3CO)cc1OC. The van der Waals surface area contributed by atoms with Crippen molar-refractivity contribution in [2.24, 2.45) is 11.8 Å². The summed E-state index contributed by atoms with van der Waals surface area (Å²) in [6.07, 6.45) is -6.96. The second-order valence-corrected chi connectivity index (χ2v) is 12.9. The van der Waals surface area contributed by atoms with Crippen molar-refractivity contribution in [1.82, 2.24) is 0 Å². The number of cyclic esters (lactones) is 1. The molecule has 9 atom stereocenters. The first-order chi connectivity index (χ1) is 24.6. The summed E-state index contributed by atoms with van der Waals surface area (Å²) in [5.74, 6) is 1.39. The Bertz CT molecular complexity index is 1690. The minimum atomic E-state index is -1.61. The number of benzene rings is 3. The summed E-state index contributed by atoms with van der Waals surface area (Å²) in [6, 6.07) is 14.4. The fraction of sp³-hybridized carbons (Fsp3) is 0.486. The van der Waals surface area contributed by atoms with Gasteiger partial charge in [0.05, 0.1) is 60.1 Å². The van der Waals surface area contributed by atoms with E-state index in [4.69, 9.17) is 37.9 Å². The largest absolute Gasteiger partial charge is 0.496 e. The summed E-state index contributed by atoms with van der Waals surface area (Å²) in [4.78, 5) is 13.0. The van der Waals surface area contributed by atoms with Crippen LogP contribution in [0.15, 0.2) is 48.5 Å². The highest BCUT2D eigenvalue weighted by Crippen LogP contribution is 2.52. The van der Waals surface area contributed by atoms with Crippen LogP contribution in [0, 0.1) is 11.8 Å². The zero-order valence-electron chi connectivity index (χ0n) is 28.8. The van der Waals surface area contributed by atoms with Gasteiger partial charge < -0.3 is 63.4 Å². The molecule has 276 valence electrons. The number of ether oxygens (including phenoxy) is 8. The van der Waals surface area contributed by atoms with Crippen LogP contribution in [0.1, 0.15) is 34.3 Å².